The van der Waals surface area contributed by atoms with Crippen LogP contribution in [0.4, 0.5) is 0 Å². The van der Waals surface area contributed by atoms with E-state index in [4.69, 9.17) is 4.74 Å². The van der Waals surface area contributed by atoms with Gasteiger partial charge < -0.3 is 9.64 Å². The first-order valence-electron chi connectivity index (χ1n) is 8.97. The first-order valence-corrected chi connectivity index (χ1v) is 10.4. The SMILES string of the molecule is CN(C)CCN(C1CCOCC1)S(=O)(=O)c1ccc(C(C)(C)C)cc1. The Balaban J connectivity index is 2.29. The number of ether oxygens (including phenoxy) is 1. The fourth-order valence-corrected chi connectivity index (χ4v) is 4.71. The van der Waals surface area contributed by atoms with Gasteiger partial charge >= 0.3 is 0 Å². The molecule has 142 valence electrons. The van der Waals surface area contributed by atoms with E-state index >= 15 is 0 Å². The van der Waals surface area contributed by atoms with Gasteiger partial charge in [0.2, 0.25) is 10.0 Å². The quantitative estimate of drug-likeness (QED) is 0.775. The third kappa shape index (κ3) is 5.26. The predicted molar refractivity (Wildman–Crippen MR) is 101 cm³/mol. The highest BCUT2D eigenvalue weighted by atomic mass is 32.2. The monoisotopic (exact) mass is 368 g/mol. The molecular weight excluding hydrogens is 336 g/mol. The Morgan fingerprint density at radius 2 is 1.60 bits per heavy atom. The Hall–Kier alpha value is -0.950. The molecule has 1 aromatic rings. The summed E-state index contributed by atoms with van der Waals surface area (Å²) in [4.78, 5) is 2.40. The molecule has 1 aromatic carbocycles. The minimum Gasteiger partial charge on any atom is -0.381 e. The number of rotatable bonds is 6. The van der Waals surface area contributed by atoms with Crippen molar-refractivity contribution in [2.45, 2.75) is 50.0 Å². The third-order valence-electron chi connectivity index (χ3n) is 4.69. The molecule has 25 heavy (non-hydrogen) atoms. The molecule has 0 aliphatic carbocycles. The second kappa shape index (κ2) is 8.16. The summed E-state index contributed by atoms with van der Waals surface area (Å²) in [5, 5.41) is 0. The Morgan fingerprint density at radius 1 is 1.04 bits per heavy atom. The van der Waals surface area contributed by atoms with Gasteiger partial charge in [0.15, 0.2) is 0 Å². The van der Waals surface area contributed by atoms with Crippen molar-refractivity contribution in [3.8, 4) is 0 Å². The minimum absolute atomic E-state index is 0.00755. The normalized spacial score (nSPS) is 17.4. The Labute approximate surface area is 153 Å². The highest BCUT2D eigenvalue weighted by Crippen LogP contribution is 2.27. The van der Waals surface area contributed by atoms with Crippen molar-refractivity contribution in [1.29, 1.82) is 0 Å². The molecular formula is C19H32N2O3S. The maximum Gasteiger partial charge on any atom is 0.243 e. The van der Waals surface area contributed by atoms with Crippen LogP contribution in [0.3, 0.4) is 0 Å². The zero-order valence-electron chi connectivity index (χ0n) is 16.2. The number of likely N-dealkylation sites (N-methyl/N-ethyl adjacent to an activating group) is 1. The largest absolute Gasteiger partial charge is 0.381 e. The molecule has 0 radical (unpaired) electrons. The Kier molecular flexibility index (Phi) is 6.65. The van der Waals surface area contributed by atoms with E-state index in [1.165, 1.54) is 0 Å². The van der Waals surface area contributed by atoms with Crippen LogP contribution in [-0.4, -0.2) is 64.1 Å². The van der Waals surface area contributed by atoms with Crippen molar-refractivity contribution >= 4 is 10.0 Å². The lowest BCUT2D eigenvalue weighted by molar-refractivity contribution is 0.0573. The van der Waals surface area contributed by atoms with E-state index < -0.39 is 10.0 Å². The van der Waals surface area contributed by atoms with E-state index in [0.29, 0.717) is 31.2 Å². The molecule has 1 aliphatic heterocycles. The van der Waals surface area contributed by atoms with Gasteiger partial charge in [-0.15, -0.1) is 0 Å². The van der Waals surface area contributed by atoms with Gasteiger partial charge in [0, 0.05) is 32.3 Å². The number of sulfonamides is 1. The lowest BCUT2D eigenvalue weighted by Gasteiger charge is -2.34. The second-order valence-electron chi connectivity index (χ2n) is 8.04. The summed E-state index contributed by atoms with van der Waals surface area (Å²) in [5.74, 6) is 0. The summed E-state index contributed by atoms with van der Waals surface area (Å²) in [7, 11) is 0.423. The van der Waals surface area contributed by atoms with Crippen molar-refractivity contribution in [1.82, 2.24) is 9.21 Å². The van der Waals surface area contributed by atoms with Gasteiger partial charge in [-0.25, -0.2) is 8.42 Å². The van der Waals surface area contributed by atoms with Gasteiger partial charge in [-0.05, 0) is 50.0 Å². The average Bonchev–Trinajstić information content (AvgIpc) is 2.55. The minimum atomic E-state index is -3.51. The highest BCUT2D eigenvalue weighted by molar-refractivity contribution is 7.89. The number of benzene rings is 1. The predicted octanol–water partition coefficient (Wildman–Crippen LogP) is 2.72. The number of nitrogens with zero attached hydrogens (tertiary/aromatic N) is 2. The molecule has 0 bridgehead atoms. The van der Waals surface area contributed by atoms with Gasteiger partial charge in [0.1, 0.15) is 0 Å². The molecule has 0 aromatic heterocycles. The van der Waals surface area contributed by atoms with Gasteiger partial charge in [0.05, 0.1) is 4.90 Å². The molecule has 1 heterocycles. The van der Waals surface area contributed by atoms with Crippen molar-refractivity contribution in [3.63, 3.8) is 0 Å². The Bertz CT molecular complexity index is 642. The molecule has 6 heteroatoms. The van der Waals surface area contributed by atoms with Crippen LogP contribution in [0.25, 0.3) is 0 Å². The van der Waals surface area contributed by atoms with Crippen LogP contribution >= 0.6 is 0 Å². The third-order valence-corrected chi connectivity index (χ3v) is 6.66. The van der Waals surface area contributed by atoms with Crippen LogP contribution in [0.1, 0.15) is 39.2 Å². The first-order chi connectivity index (χ1) is 11.6. The molecule has 1 saturated heterocycles. The topological polar surface area (TPSA) is 49.9 Å². The van der Waals surface area contributed by atoms with Crippen LogP contribution < -0.4 is 0 Å². The summed E-state index contributed by atoms with van der Waals surface area (Å²) >= 11 is 0. The van der Waals surface area contributed by atoms with Crippen LogP contribution in [0, 0.1) is 0 Å². The summed E-state index contributed by atoms with van der Waals surface area (Å²) < 4.78 is 33.6. The molecule has 0 amide bonds. The molecule has 0 spiro atoms. The molecule has 0 atom stereocenters. The van der Waals surface area contributed by atoms with Crippen LogP contribution in [0.5, 0.6) is 0 Å². The summed E-state index contributed by atoms with van der Waals surface area (Å²) in [5.41, 5.74) is 1.14. The van der Waals surface area contributed by atoms with Crippen molar-refractivity contribution in [2.24, 2.45) is 0 Å². The van der Waals surface area contributed by atoms with E-state index in [2.05, 4.69) is 20.8 Å². The summed E-state index contributed by atoms with van der Waals surface area (Å²) in [6.07, 6.45) is 1.51. The maximum atomic E-state index is 13.3. The standard InChI is InChI=1S/C19H32N2O3S/c1-19(2,3)16-6-8-18(9-7-16)25(22,23)21(13-12-20(4)5)17-10-14-24-15-11-17/h6-9,17H,10-15H2,1-5H3. The molecule has 0 unspecified atom stereocenters. The lowest BCUT2D eigenvalue weighted by atomic mass is 9.87. The van der Waals surface area contributed by atoms with Gasteiger partial charge in [0.25, 0.3) is 0 Å². The van der Waals surface area contributed by atoms with Crippen molar-refractivity contribution < 1.29 is 13.2 Å². The zero-order valence-corrected chi connectivity index (χ0v) is 17.0. The maximum absolute atomic E-state index is 13.3. The molecule has 1 fully saturated rings. The van der Waals surface area contributed by atoms with E-state index in [1.807, 2.05) is 31.1 Å². The second-order valence-corrected chi connectivity index (χ2v) is 9.93. The summed E-state index contributed by atoms with van der Waals surface area (Å²) in [6.45, 7) is 8.84. The molecule has 0 N–H and O–H groups in total. The molecule has 0 saturated carbocycles. The van der Waals surface area contributed by atoms with Crippen LogP contribution in [0.15, 0.2) is 29.2 Å². The van der Waals surface area contributed by atoms with Crippen LogP contribution in [0.2, 0.25) is 0 Å². The van der Waals surface area contributed by atoms with E-state index in [1.54, 1.807) is 16.4 Å². The number of hydrogen-bond acceptors (Lipinski definition) is 4. The van der Waals surface area contributed by atoms with E-state index in [0.717, 1.165) is 18.4 Å². The van der Waals surface area contributed by atoms with E-state index in [-0.39, 0.29) is 11.5 Å². The fraction of sp³-hybridized carbons (Fsp3) is 0.684. The molecule has 2 rings (SSSR count). The fourth-order valence-electron chi connectivity index (χ4n) is 3.03. The molecule has 5 nitrogen and oxygen atoms in total. The smallest absolute Gasteiger partial charge is 0.243 e. The van der Waals surface area contributed by atoms with Gasteiger partial charge in [-0.1, -0.05) is 32.9 Å². The first kappa shape index (κ1) is 20.4. The van der Waals surface area contributed by atoms with E-state index in [9.17, 15) is 8.42 Å². The lowest BCUT2D eigenvalue weighted by Crippen LogP contribution is -2.46. The molecule has 1 aliphatic rings. The van der Waals surface area contributed by atoms with Gasteiger partial charge in [-0.3, -0.25) is 0 Å². The van der Waals surface area contributed by atoms with Crippen molar-refractivity contribution in [2.75, 3.05) is 40.4 Å². The van der Waals surface area contributed by atoms with Crippen LogP contribution in [-0.2, 0) is 20.2 Å². The Morgan fingerprint density at radius 3 is 2.08 bits per heavy atom. The zero-order chi connectivity index (χ0) is 18.7. The van der Waals surface area contributed by atoms with Gasteiger partial charge in [-0.2, -0.15) is 4.31 Å². The summed E-state index contributed by atoms with van der Waals surface area (Å²) in [6, 6.07) is 7.37. The van der Waals surface area contributed by atoms with Crippen molar-refractivity contribution in [3.05, 3.63) is 29.8 Å². The average molecular weight is 369 g/mol. The highest BCUT2D eigenvalue weighted by Gasteiger charge is 2.32. The number of hydrogen-bond donors (Lipinski definition) is 0.